The molecule has 3 saturated carbocycles. The van der Waals surface area contributed by atoms with Crippen LogP contribution in [0, 0.1) is 39.9 Å². The molecule has 4 nitrogen and oxygen atoms in total. The molecule has 26 heavy (non-hydrogen) atoms. The van der Waals surface area contributed by atoms with Gasteiger partial charge in [0, 0.05) is 12.3 Å². The summed E-state index contributed by atoms with van der Waals surface area (Å²) < 4.78 is 5.53. The zero-order valence-corrected chi connectivity index (χ0v) is 16.5. The first kappa shape index (κ1) is 18.1. The van der Waals surface area contributed by atoms with E-state index in [1.807, 2.05) is 0 Å². The molecule has 144 valence electrons. The molecule has 0 aromatic rings. The Kier molecular flexibility index (Phi) is 4.24. The lowest BCUT2D eigenvalue weighted by Crippen LogP contribution is -2.51. The molecule has 4 rings (SSSR count). The van der Waals surface area contributed by atoms with Gasteiger partial charge < -0.3 is 10.5 Å². The van der Waals surface area contributed by atoms with E-state index in [9.17, 15) is 4.79 Å². The van der Waals surface area contributed by atoms with E-state index in [1.165, 1.54) is 19.3 Å². The van der Waals surface area contributed by atoms with E-state index in [2.05, 4.69) is 19.9 Å². The molecule has 0 heterocycles. The minimum absolute atomic E-state index is 0.0748. The van der Waals surface area contributed by atoms with Crippen molar-refractivity contribution in [3.8, 4) is 0 Å². The summed E-state index contributed by atoms with van der Waals surface area (Å²) in [5.74, 6) is 2.87. The number of Topliss-reactive ketones (excluding diaryl/α,β-unsaturated/α-hetero) is 1. The molecule has 4 heteroatoms. The van der Waals surface area contributed by atoms with Crippen molar-refractivity contribution >= 4 is 11.8 Å². The molecule has 0 saturated heterocycles. The third kappa shape index (κ3) is 2.55. The first-order valence-electron chi connectivity index (χ1n) is 10.5. The number of rotatable bonds is 2. The van der Waals surface area contributed by atoms with Gasteiger partial charge in [0.15, 0.2) is 0 Å². The number of amidine groups is 1. The van der Waals surface area contributed by atoms with E-state index >= 15 is 0 Å². The maximum Gasteiger partial charge on any atom is 0.279 e. The predicted octanol–water partition coefficient (Wildman–Crippen LogP) is 4.43. The van der Waals surface area contributed by atoms with Gasteiger partial charge in [0.1, 0.15) is 11.9 Å². The molecule has 7 unspecified atom stereocenters. The number of allylic oxidation sites excluding steroid dienone is 1. The lowest BCUT2D eigenvalue weighted by atomic mass is 9.47. The van der Waals surface area contributed by atoms with Crippen LogP contribution in [0.1, 0.15) is 72.1 Å². The van der Waals surface area contributed by atoms with Crippen LogP contribution in [-0.4, -0.2) is 17.9 Å². The second-order valence-corrected chi connectivity index (χ2v) is 9.89. The Balaban J connectivity index is 1.59. The number of fused-ring (bicyclic) bond motifs is 5. The summed E-state index contributed by atoms with van der Waals surface area (Å²) in [5, 5.41) is 7.42. The molecular weight excluding hydrogens is 324 g/mol. The van der Waals surface area contributed by atoms with Gasteiger partial charge in [-0.25, -0.2) is 0 Å². The predicted molar refractivity (Wildman–Crippen MR) is 103 cm³/mol. The fourth-order valence-electron chi connectivity index (χ4n) is 7.58. The first-order chi connectivity index (χ1) is 12.3. The monoisotopic (exact) mass is 358 g/mol. The lowest BCUT2D eigenvalue weighted by molar-refractivity contribution is -0.127. The highest BCUT2D eigenvalue weighted by Crippen LogP contribution is 2.66. The number of nitrogens with two attached hydrogens (primary N) is 1. The molecule has 4 aliphatic carbocycles. The number of carbonyl (C=O) groups is 1. The van der Waals surface area contributed by atoms with Gasteiger partial charge in [-0.05, 0) is 80.5 Å². The number of ether oxygens (including phenoxy) is 1. The highest BCUT2D eigenvalue weighted by Gasteiger charge is 2.59. The van der Waals surface area contributed by atoms with Crippen LogP contribution in [0.15, 0.2) is 11.6 Å². The Labute approximate surface area is 157 Å². The van der Waals surface area contributed by atoms with Gasteiger partial charge in [-0.1, -0.05) is 25.5 Å². The Bertz CT molecular complexity index is 657. The Hall–Kier alpha value is -1.32. The van der Waals surface area contributed by atoms with Crippen LogP contribution in [0.25, 0.3) is 0 Å². The number of hydrogen-bond donors (Lipinski definition) is 2. The second kappa shape index (κ2) is 6.10. The molecule has 3 N–H and O–H groups in total. The standard InChI is InChI=1S/C22H34N2O2/c1-13(25)17-6-7-18-16-5-4-14-12-15(26-20(23)24)8-10-21(14,2)19(16)9-11-22(17,18)3/h4,15-19H,5-12H2,1-3H3,(H3,23,24). The average Bonchev–Trinajstić information content (AvgIpc) is 2.92. The molecule has 3 fully saturated rings. The minimum atomic E-state index is -0.150. The van der Waals surface area contributed by atoms with Crippen LogP contribution in [0.5, 0.6) is 0 Å². The zero-order valence-electron chi connectivity index (χ0n) is 16.5. The third-order valence-electron chi connectivity index (χ3n) is 8.84. The summed E-state index contributed by atoms with van der Waals surface area (Å²) in [6.07, 6.45) is 11.6. The van der Waals surface area contributed by atoms with E-state index in [4.69, 9.17) is 15.9 Å². The summed E-state index contributed by atoms with van der Waals surface area (Å²) in [5.41, 5.74) is 7.50. The molecule has 0 aromatic heterocycles. The van der Waals surface area contributed by atoms with E-state index in [1.54, 1.807) is 12.5 Å². The maximum absolute atomic E-state index is 12.2. The molecule has 7 atom stereocenters. The van der Waals surface area contributed by atoms with Crippen LogP contribution in [-0.2, 0) is 9.53 Å². The Morgan fingerprint density at radius 1 is 1.19 bits per heavy atom. The highest BCUT2D eigenvalue weighted by atomic mass is 16.5. The molecule has 0 radical (unpaired) electrons. The van der Waals surface area contributed by atoms with E-state index in [0.717, 1.165) is 43.9 Å². The fraction of sp³-hybridized carbons (Fsp3) is 0.818. The Morgan fingerprint density at radius 2 is 1.96 bits per heavy atom. The van der Waals surface area contributed by atoms with Crippen molar-refractivity contribution in [1.82, 2.24) is 0 Å². The normalized spacial score (nSPS) is 47.2. The SMILES string of the molecule is CC(=O)C1CCC2C3CC=C4CC(OC(=N)N)CCC4(C)C3CCC12C. The van der Waals surface area contributed by atoms with Crippen molar-refractivity contribution in [2.45, 2.75) is 78.2 Å². The number of hydrogen-bond acceptors (Lipinski definition) is 3. The molecule has 0 aromatic carbocycles. The second-order valence-electron chi connectivity index (χ2n) is 9.89. The molecule has 4 aliphatic rings. The highest BCUT2D eigenvalue weighted by molar-refractivity contribution is 5.79. The van der Waals surface area contributed by atoms with Gasteiger partial charge in [0.2, 0.25) is 0 Å². The summed E-state index contributed by atoms with van der Waals surface area (Å²) in [7, 11) is 0. The topological polar surface area (TPSA) is 76.2 Å². The van der Waals surface area contributed by atoms with Crippen LogP contribution in [0.4, 0.5) is 0 Å². The smallest absolute Gasteiger partial charge is 0.279 e. The number of carbonyl (C=O) groups excluding carboxylic acids is 1. The van der Waals surface area contributed by atoms with Crippen LogP contribution < -0.4 is 5.73 Å². The van der Waals surface area contributed by atoms with Crippen LogP contribution >= 0.6 is 0 Å². The van der Waals surface area contributed by atoms with Crippen molar-refractivity contribution in [2.75, 3.05) is 0 Å². The minimum Gasteiger partial charge on any atom is -0.462 e. The lowest BCUT2D eigenvalue weighted by Gasteiger charge is -2.58. The maximum atomic E-state index is 12.2. The van der Waals surface area contributed by atoms with Gasteiger partial charge in [0.25, 0.3) is 6.02 Å². The third-order valence-corrected chi connectivity index (χ3v) is 8.84. The van der Waals surface area contributed by atoms with Gasteiger partial charge in [-0.2, -0.15) is 0 Å². The largest absolute Gasteiger partial charge is 0.462 e. The van der Waals surface area contributed by atoms with Crippen LogP contribution in [0.2, 0.25) is 0 Å². The van der Waals surface area contributed by atoms with Crippen molar-refractivity contribution in [2.24, 2.45) is 40.2 Å². The van der Waals surface area contributed by atoms with Gasteiger partial charge in [-0.15, -0.1) is 0 Å². The van der Waals surface area contributed by atoms with Gasteiger partial charge >= 0.3 is 0 Å². The molecule has 0 spiro atoms. The molecule has 0 bridgehead atoms. The van der Waals surface area contributed by atoms with Crippen molar-refractivity contribution in [3.05, 3.63) is 11.6 Å². The number of ketones is 1. The van der Waals surface area contributed by atoms with Gasteiger partial charge in [-0.3, -0.25) is 10.2 Å². The van der Waals surface area contributed by atoms with Crippen molar-refractivity contribution in [3.63, 3.8) is 0 Å². The summed E-state index contributed by atoms with van der Waals surface area (Å²) in [6.45, 7) is 6.69. The molecule has 0 aliphatic heterocycles. The van der Waals surface area contributed by atoms with Crippen molar-refractivity contribution < 1.29 is 9.53 Å². The summed E-state index contributed by atoms with van der Waals surface area (Å²) in [6, 6.07) is -0.150. The summed E-state index contributed by atoms with van der Waals surface area (Å²) in [4.78, 5) is 12.2. The van der Waals surface area contributed by atoms with Gasteiger partial charge in [0.05, 0.1) is 0 Å². The molecular formula is C22H34N2O2. The molecule has 0 amide bonds. The van der Waals surface area contributed by atoms with E-state index < -0.39 is 0 Å². The average molecular weight is 359 g/mol. The Morgan fingerprint density at radius 3 is 2.65 bits per heavy atom. The first-order valence-corrected chi connectivity index (χ1v) is 10.5. The number of nitrogens with one attached hydrogen (secondary N) is 1. The quantitative estimate of drug-likeness (QED) is 0.435. The van der Waals surface area contributed by atoms with Crippen LogP contribution in [0.3, 0.4) is 0 Å². The van der Waals surface area contributed by atoms with E-state index in [-0.39, 0.29) is 28.9 Å². The van der Waals surface area contributed by atoms with E-state index in [0.29, 0.717) is 11.7 Å². The summed E-state index contributed by atoms with van der Waals surface area (Å²) >= 11 is 0. The fourth-order valence-corrected chi connectivity index (χ4v) is 7.58. The van der Waals surface area contributed by atoms with Crippen molar-refractivity contribution in [1.29, 1.82) is 5.41 Å². The zero-order chi connectivity index (χ0) is 18.7.